The Kier molecular flexibility index (Phi) is 8.36. The zero-order chi connectivity index (χ0) is 24.6. The summed E-state index contributed by atoms with van der Waals surface area (Å²) in [7, 11) is 0. The Labute approximate surface area is 209 Å². The maximum absolute atomic E-state index is 12.7. The number of carbonyl (C=O) groups excluding carboxylic acids is 2. The summed E-state index contributed by atoms with van der Waals surface area (Å²) in [5, 5.41) is 13.3. The first kappa shape index (κ1) is 24.7. The first-order chi connectivity index (χ1) is 17.0. The van der Waals surface area contributed by atoms with E-state index in [2.05, 4.69) is 12.2 Å². The summed E-state index contributed by atoms with van der Waals surface area (Å²) in [5.74, 6) is 0.332. The lowest BCUT2D eigenvalue weighted by molar-refractivity contribution is -0.123. The minimum absolute atomic E-state index is 0.129. The number of thioether (sulfide) groups is 1. The van der Waals surface area contributed by atoms with Crippen LogP contribution in [0, 0.1) is 0 Å². The van der Waals surface area contributed by atoms with Gasteiger partial charge in [0.15, 0.2) is 0 Å². The molecule has 1 saturated heterocycles. The lowest BCUT2D eigenvalue weighted by atomic mass is 10.1. The number of benzene rings is 3. The van der Waals surface area contributed by atoms with E-state index in [1.807, 2.05) is 72.8 Å². The molecule has 35 heavy (non-hydrogen) atoms. The fraction of sp³-hybridized carbons (Fsp3) is 0.214. The lowest BCUT2D eigenvalue weighted by Crippen LogP contribution is -2.33. The van der Waals surface area contributed by atoms with Crippen molar-refractivity contribution in [2.45, 2.75) is 25.6 Å². The van der Waals surface area contributed by atoms with Gasteiger partial charge in [0.1, 0.15) is 18.5 Å². The summed E-state index contributed by atoms with van der Waals surface area (Å²) >= 11 is 0.948. The Morgan fingerprint density at radius 2 is 1.63 bits per heavy atom. The van der Waals surface area contributed by atoms with Crippen molar-refractivity contribution in [2.75, 3.05) is 13.2 Å². The Bertz CT molecular complexity index is 1170. The molecule has 0 radical (unpaired) electrons. The molecule has 4 rings (SSSR count). The molecule has 0 bridgehead atoms. The van der Waals surface area contributed by atoms with Gasteiger partial charge in [0, 0.05) is 12.6 Å². The van der Waals surface area contributed by atoms with E-state index < -0.39 is 6.10 Å². The van der Waals surface area contributed by atoms with Crippen molar-refractivity contribution in [3.05, 3.63) is 107 Å². The zero-order valence-corrected chi connectivity index (χ0v) is 20.3. The highest BCUT2D eigenvalue weighted by atomic mass is 32.2. The largest absolute Gasteiger partial charge is 0.491 e. The van der Waals surface area contributed by atoms with Gasteiger partial charge in [-0.1, -0.05) is 72.8 Å². The van der Waals surface area contributed by atoms with Crippen molar-refractivity contribution < 1.29 is 19.4 Å². The second kappa shape index (κ2) is 11.8. The van der Waals surface area contributed by atoms with Crippen molar-refractivity contribution >= 4 is 29.0 Å². The van der Waals surface area contributed by atoms with Crippen LogP contribution in [-0.2, 0) is 11.3 Å². The van der Waals surface area contributed by atoms with Gasteiger partial charge in [0.05, 0.1) is 11.4 Å². The van der Waals surface area contributed by atoms with E-state index in [-0.39, 0.29) is 30.3 Å². The van der Waals surface area contributed by atoms with Crippen LogP contribution in [0.3, 0.4) is 0 Å². The van der Waals surface area contributed by atoms with Gasteiger partial charge < -0.3 is 15.2 Å². The molecule has 2 amide bonds. The summed E-state index contributed by atoms with van der Waals surface area (Å²) in [5.41, 5.74) is 2.86. The van der Waals surface area contributed by atoms with Crippen LogP contribution in [0.2, 0.25) is 0 Å². The third-order valence-electron chi connectivity index (χ3n) is 5.64. The van der Waals surface area contributed by atoms with Gasteiger partial charge in [-0.2, -0.15) is 0 Å². The molecule has 1 fully saturated rings. The average Bonchev–Trinajstić information content (AvgIpc) is 3.15. The highest BCUT2D eigenvalue weighted by Crippen LogP contribution is 2.33. The summed E-state index contributed by atoms with van der Waals surface area (Å²) < 4.78 is 5.71. The van der Waals surface area contributed by atoms with Gasteiger partial charge in [-0.15, -0.1) is 0 Å². The van der Waals surface area contributed by atoms with Gasteiger partial charge in [-0.05, 0) is 53.6 Å². The molecule has 1 aliphatic heterocycles. The minimum Gasteiger partial charge on any atom is -0.491 e. The number of amides is 2. The van der Waals surface area contributed by atoms with Crippen LogP contribution in [-0.4, -0.2) is 40.4 Å². The molecule has 3 aromatic carbocycles. The van der Waals surface area contributed by atoms with E-state index in [0.29, 0.717) is 17.2 Å². The minimum atomic E-state index is -0.655. The van der Waals surface area contributed by atoms with E-state index in [1.165, 1.54) is 4.90 Å². The number of hydrogen-bond acceptors (Lipinski definition) is 6. The summed E-state index contributed by atoms with van der Waals surface area (Å²) in [6, 6.07) is 26.8. The van der Waals surface area contributed by atoms with Crippen LogP contribution in [0.1, 0.15) is 29.7 Å². The molecule has 0 saturated carbocycles. The summed E-state index contributed by atoms with van der Waals surface area (Å²) in [6.07, 6.45) is 1.06. The molecular formula is C28H28N2O4S. The van der Waals surface area contributed by atoms with E-state index >= 15 is 0 Å². The van der Waals surface area contributed by atoms with Gasteiger partial charge >= 0.3 is 0 Å². The predicted octanol–water partition coefficient (Wildman–Crippen LogP) is 5.01. The first-order valence-corrected chi connectivity index (χ1v) is 12.3. The average molecular weight is 489 g/mol. The SMILES string of the molecule is CC(NCC(O)COc1ccc(/C=C2\SC(=O)N(Cc3ccccc3)C2=O)cc1)c1ccccc1. The number of hydrogen-bond donors (Lipinski definition) is 2. The normalized spacial score (nSPS) is 16.5. The second-order valence-electron chi connectivity index (χ2n) is 8.33. The van der Waals surface area contributed by atoms with Crippen molar-refractivity contribution in [3.8, 4) is 5.75 Å². The van der Waals surface area contributed by atoms with Crippen molar-refractivity contribution in [2.24, 2.45) is 0 Å². The lowest BCUT2D eigenvalue weighted by Gasteiger charge is -2.18. The quantitative estimate of drug-likeness (QED) is 0.391. The molecule has 2 unspecified atom stereocenters. The van der Waals surface area contributed by atoms with Crippen LogP contribution in [0.25, 0.3) is 6.08 Å². The van der Waals surface area contributed by atoms with Gasteiger partial charge in [0.25, 0.3) is 11.1 Å². The third kappa shape index (κ3) is 6.82. The highest BCUT2D eigenvalue weighted by Gasteiger charge is 2.34. The molecule has 1 heterocycles. The number of nitrogens with zero attached hydrogens (tertiary/aromatic N) is 1. The maximum Gasteiger partial charge on any atom is 0.293 e. The van der Waals surface area contributed by atoms with Crippen LogP contribution >= 0.6 is 11.8 Å². The number of ether oxygens (including phenoxy) is 1. The van der Waals surface area contributed by atoms with Crippen LogP contribution in [0.4, 0.5) is 4.79 Å². The van der Waals surface area contributed by atoms with Crippen LogP contribution < -0.4 is 10.1 Å². The molecule has 7 heteroatoms. The van der Waals surface area contributed by atoms with Crippen LogP contribution in [0.5, 0.6) is 5.75 Å². The fourth-order valence-corrected chi connectivity index (χ4v) is 4.48. The smallest absolute Gasteiger partial charge is 0.293 e. The van der Waals surface area contributed by atoms with Crippen molar-refractivity contribution in [1.82, 2.24) is 10.2 Å². The number of aliphatic hydroxyl groups is 1. The zero-order valence-electron chi connectivity index (χ0n) is 19.5. The molecule has 0 spiro atoms. The molecule has 0 aliphatic carbocycles. The topological polar surface area (TPSA) is 78.9 Å². The van der Waals surface area contributed by atoms with Crippen LogP contribution in [0.15, 0.2) is 89.8 Å². The Balaban J connectivity index is 1.27. The Morgan fingerprint density at radius 1 is 0.971 bits per heavy atom. The highest BCUT2D eigenvalue weighted by molar-refractivity contribution is 8.18. The molecule has 0 aromatic heterocycles. The standard InChI is InChI=1S/C28H28N2O4S/c1-20(23-10-6-3-7-11-23)29-17-24(31)19-34-25-14-12-21(13-15-25)16-26-27(32)30(28(33)35-26)18-22-8-4-2-5-9-22/h2-16,20,24,29,31H,17-19H2,1H3/b26-16-. The molecule has 6 nitrogen and oxygen atoms in total. The fourth-order valence-electron chi connectivity index (χ4n) is 3.64. The van der Waals surface area contributed by atoms with Crippen molar-refractivity contribution in [3.63, 3.8) is 0 Å². The van der Waals surface area contributed by atoms with E-state index in [9.17, 15) is 14.7 Å². The first-order valence-electron chi connectivity index (χ1n) is 11.5. The maximum atomic E-state index is 12.7. The van der Waals surface area contributed by atoms with E-state index in [1.54, 1.807) is 18.2 Å². The van der Waals surface area contributed by atoms with Gasteiger partial charge in [-0.25, -0.2) is 0 Å². The predicted molar refractivity (Wildman–Crippen MR) is 139 cm³/mol. The molecule has 3 aromatic rings. The summed E-state index contributed by atoms with van der Waals surface area (Å²) in [4.78, 5) is 26.7. The summed E-state index contributed by atoms with van der Waals surface area (Å²) in [6.45, 7) is 2.88. The Hall–Kier alpha value is -3.39. The number of carbonyl (C=O) groups is 2. The van der Waals surface area contributed by atoms with Gasteiger partial charge in [0.2, 0.25) is 0 Å². The third-order valence-corrected chi connectivity index (χ3v) is 6.54. The van der Waals surface area contributed by atoms with E-state index in [4.69, 9.17) is 4.74 Å². The molecule has 1 aliphatic rings. The number of aliphatic hydroxyl groups excluding tert-OH is 1. The monoisotopic (exact) mass is 488 g/mol. The molecule has 2 N–H and O–H groups in total. The molecule has 2 atom stereocenters. The number of imide groups is 1. The van der Waals surface area contributed by atoms with Gasteiger partial charge in [-0.3, -0.25) is 14.5 Å². The number of rotatable bonds is 10. The molecular weight excluding hydrogens is 460 g/mol. The number of nitrogens with one attached hydrogen (secondary N) is 1. The van der Waals surface area contributed by atoms with Crippen molar-refractivity contribution in [1.29, 1.82) is 0 Å². The second-order valence-corrected chi connectivity index (χ2v) is 9.32. The molecule has 180 valence electrons. The Morgan fingerprint density at radius 3 is 2.31 bits per heavy atom. The van der Waals surface area contributed by atoms with E-state index in [0.717, 1.165) is 28.5 Å².